The Morgan fingerprint density at radius 2 is 1.91 bits per heavy atom. The number of rotatable bonds is 7. The summed E-state index contributed by atoms with van der Waals surface area (Å²) in [5.74, 6) is -0.730. The van der Waals surface area contributed by atoms with Crippen molar-refractivity contribution in [2.75, 3.05) is 32.1 Å². The molecule has 32 heavy (non-hydrogen) atoms. The zero-order valence-corrected chi connectivity index (χ0v) is 18.2. The molecule has 0 bridgehead atoms. The van der Waals surface area contributed by atoms with Crippen molar-refractivity contribution in [3.05, 3.63) is 53.8 Å². The molecule has 11 heteroatoms. The number of hydrogen-bond donors (Lipinski definition) is 2. The second-order valence-corrected chi connectivity index (χ2v) is 9.16. The van der Waals surface area contributed by atoms with Gasteiger partial charge in [-0.25, -0.2) is 17.9 Å². The van der Waals surface area contributed by atoms with Crippen molar-refractivity contribution in [1.82, 2.24) is 4.90 Å². The molecule has 172 valence electrons. The third-order valence-corrected chi connectivity index (χ3v) is 6.34. The van der Waals surface area contributed by atoms with E-state index in [1.807, 2.05) is 0 Å². The fourth-order valence-electron chi connectivity index (χ4n) is 3.37. The molecule has 1 saturated heterocycles. The SMILES string of the molecule is COc1cc(C(=O)N2CCC[C@@H](S(N)(=O)=O)C2)ccc1OCC(=O)Nc1ccc(F)cc1. The minimum absolute atomic E-state index is 0.0296. The van der Waals surface area contributed by atoms with Gasteiger partial charge in [-0.1, -0.05) is 0 Å². The molecule has 3 rings (SSSR count). The average Bonchev–Trinajstić information content (AvgIpc) is 2.78. The minimum Gasteiger partial charge on any atom is -0.493 e. The molecule has 9 nitrogen and oxygen atoms in total. The van der Waals surface area contributed by atoms with E-state index in [1.54, 1.807) is 0 Å². The average molecular weight is 466 g/mol. The van der Waals surface area contributed by atoms with Gasteiger partial charge in [0, 0.05) is 24.3 Å². The smallest absolute Gasteiger partial charge is 0.262 e. The second-order valence-electron chi connectivity index (χ2n) is 7.31. The van der Waals surface area contributed by atoms with E-state index in [4.69, 9.17) is 14.6 Å². The van der Waals surface area contributed by atoms with Crippen molar-refractivity contribution in [1.29, 1.82) is 0 Å². The van der Waals surface area contributed by atoms with Gasteiger partial charge in [-0.05, 0) is 55.3 Å². The van der Waals surface area contributed by atoms with Crippen LogP contribution < -0.4 is 19.9 Å². The summed E-state index contributed by atoms with van der Waals surface area (Å²) in [5, 5.41) is 7.02. The number of sulfonamides is 1. The van der Waals surface area contributed by atoms with Crippen molar-refractivity contribution >= 4 is 27.5 Å². The van der Waals surface area contributed by atoms with E-state index < -0.39 is 27.0 Å². The van der Waals surface area contributed by atoms with Gasteiger partial charge in [0.2, 0.25) is 10.0 Å². The molecule has 0 saturated carbocycles. The first-order valence-corrected chi connectivity index (χ1v) is 11.5. The first-order valence-electron chi connectivity index (χ1n) is 9.84. The van der Waals surface area contributed by atoms with Gasteiger partial charge >= 0.3 is 0 Å². The van der Waals surface area contributed by atoms with Crippen molar-refractivity contribution in [3.63, 3.8) is 0 Å². The predicted octanol–water partition coefficient (Wildman–Crippen LogP) is 1.74. The number of anilines is 1. The minimum atomic E-state index is -3.73. The lowest BCUT2D eigenvalue weighted by atomic mass is 10.1. The molecular weight excluding hydrogens is 441 g/mol. The van der Waals surface area contributed by atoms with Gasteiger partial charge in [0.15, 0.2) is 18.1 Å². The number of methoxy groups -OCH3 is 1. The number of ether oxygens (including phenoxy) is 2. The molecule has 0 aromatic heterocycles. The lowest BCUT2D eigenvalue weighted by Gasteiger charge is -2.31. The van der Waals surface area contributed by atoms with Gasteiger partial charge in [0.1, 0.15) is 5.82 Å². The number of piperidine rings is 1. The standard InChI is InChI=1S/C21H24FN3O6S/c1-30-19-11-14(21(27)25-10-2-3-17(12-25)32(23,28)29)4-9-18(19)31-13-20(26)24-16-7-5-15(22)6-8-16/h4-9,11,17H,2-3,10,12-13H2,1H3,(H,24,26)(H2,23,28,29)/t17-/m1/s1. The first-order chi connectivity index (χ1) is 15.2. The molecule has 0 aliphatic carbocycles. The molecule has 2 aromatic rings. The maximum atomic E-state index is 12.9. The highest BCUT2D eigenvalue weighted by molar-refractivity contribution is 7.89. The molecule has 2 aromatic carbocycles. The van der Waals surface area contributed by atoms with Crippen LogP contribution in [0.3, 0.4) is 0 Å². The predicted molar refractivity (Wildman–Crippen MR) is 116 cm³/mol. The highest BCUT2D eigenvalue weighted by atomic mass is 32.2. The third kappa shape index (κ3) is 5.95. The molecule has 1 heterocycles. The van der Waals surface area contributed by atoms with E-state index in [0.717, 1.165) is 0 Å². The van der Waals surface area contributed by atoms with Crippen LogP contribution in [0.25, 0.3) is 0 Å². The molecule has 0 radical (unpaired) electrons. The zero-order chi connectivity index (χ0) is 23.3. The summed E-state index contributed by atoms with van der Waals surface area (Å²) in [7, 11) is -2.33. The van der Waals surface area contributed by atoms with E-state index >= 15 is 0 Å². The number of hydrogen-bond acceptors (Lipinski definition) is 6. The lowest BCUT2D eigenvalue weighted by molar-refractivity contribution is -0.118. The van der Waals surface area contributed by atoms with E-state index in [1.165, 1.54) is 54.5 Å². The molecule has 3 N–H and O–H groups in total. The third-order valence-electron chi connectivity index (χ3n) is 5.03. The van der Waals surface area contributed by atoms with E-state index in [9.17, 15) is 22.4 Å². The Balaban J connectivity index is 1.64. The highest BCUT2D eigenvalue weighted by Gasteiger charge is 2.31. The number of nitrogens with one attached hydrogen (secondary N) is 1. The summed E-state index contributed by atoms with van der Waals surface area (Å²) in [6, 6.07) is 9.78. The van der Waals surface area contributed by atoms with Crippen LogP contribution in [-0.2, 0) is 14.8 Å². The van der Waals surface area contributed by atoms with E-state index in [2.05, 4.69) is 5.32 Å². The summed E-state index contributed by atoms with van der Waals surface area (Å²) < 4.78 is 47.0. The number of likely N-dealkylation sites (tertiary alicyclic amines) is 1. The maximum Gasteiger partial charge on any atom is 0.262 e. The van der Waals surface area contributed by atoms with Crippen molar-refractivity contribution in [2.24, 2.45) is 5.14 Å². The number of primary sulfonamides is 1. The van der Waals surface area contributed by atoms with Gasteiger partial charge in [-0.2, -0.15) is 0 Å². The Kier molecular flexibility index (Phi) is 7.31. The van der Waals surface area contributed by atoms with Crippen LogP contribution in [-0.4, -0.2) is 57.2 Å². The topological polar surface area (TPSA) is 128 Å². The van der Waals surface area contributed by atoms with Gasteiger partial charge in [-0.3, -0.25) is 9.59 Å². The molecular formula is C21H24FN3O6S. The van der Waals surface area contributed by atoms with Crippen LogP contribution in [0.15, 0.2) is 42.5 Å². The van der Waals surface area contributed by atoms with Crippen molar-refractivity contribution < 1.29 is 31.9 Å². The Labute approximate surface area is 185 Å². The number of halogens is 1. The number of benzene rings is 2. The normalized spacial score (nSPS) is 16.3. The van der Waals surface area contributed by atoms with Crippen LogP contribution in [0, 0.1) is 5.82 Å². The van der Waals surface area contributed by atoms with Crippen molar-refractivity contribution in [2.45, 2.75) is 18.1 Å². The van der Waals surface area contributed by atoms with Crippen LogP contribution in [0.2, 0.25) is 0 Å². The van der Waals surface area contributed by atoms with Gasteiger partial charge in [-0.15, -0.1) is 0 Å². The van der Waals surface area contributed by atoms with E-state index in [-0.39, 0.29) is 30.6 Å². The summed E-state index contributed by atoms with van der Waals surface area (Å²) in [6.45, 7) is 0.125. The van der Waals surface area contributed by atoms with Crippen LogP contribution in [0.5, 0.6) is 11.5 Å². The fraction of sp³-hybridized carbons (Fsp3) is 0.333. The van der Waals surface area contributed by atoms with E-state index in [0.29, 0.717) is 30.6 Å². The zero-order valence-electron chi connectivity index (χ0n) is 17.4. The van der Waals surface area contributed by atoms with Crippen LogP contribution >= 0.6 is 0 Å². The summed E-state index contributed by atoms with van der Waals surface area (Å²) in [4.78, 5) is 26.4. The van der Waals surface area contributed by atoms with Gasteiger partial charge in [0.25, 0.3) is 11.8 Å². The van der Waals surface area contributed by atoms with Crippen LogP contribution in [0.1, 0.15) is 23.2 Å². The largest absolute Gasteiger partial charge is 0.493 e. The molecule has 0 spiro atoms. The molecule has 1 aliphatic rings. The van der Waals surface area contributed by atoms with Crippen LogP contribution in [0.4, 0.5) is 10.1 Å². The molecule has 0 unspecified atom stereocenters. The fourth-order valence-corrected chi connectivity index (χ4v) is 4.25. The number of carbonyl (C=O) groups excluding carboxylic acids is 2. The number of carbonyl (C=O) groups is 2. The summed E-state index contributed by atoms with van der Waals surface area (Å²) >= 11 is 0. The maximum absolute atomic E-state index is 12.9. The van der Waals surface area contributed by atoms with Gasteiger partial charge in [0.05, 0.1) is 12.4 Å². The number of nitrogens with zero attached hydrogens (tertiary/aromatic N) is 1. The highest BCUT2D eigenvalue weighted by Crippen LogP contribution is 2.29. The van der Waals surface area contributed by atoms with Gasteiger partial charge < -0.3 is 19.7 Å². The first kappa shape index (κ1) is 23.5. The monoisotopic (exact) mass is 465 g/mol. The molecule has 2 amide bonds. The second kappa shape index (κ2) is 9.96. The number of amides is 2. The summed E-state index contributed by atoms with van der Waals surface area (Å²) in [6.07, 6.45) is 0.951. The summed E-state index contributed by atoms with van der Waals surface area (Å²) in [5.41, 5.74) is 0.715. The Morgan fingerprint density at radius 1 is 1.19 bits per heavy atom. The molecule has 1 aliphatic heterocycles. The Hall–Kier alpha value is -3.18. The lowest BCUT2D eigenvalue weighted by Crippen LogP contribution is -2.47. The number of nitrogens with two attached hydrogens (primary N) is 1. The Bertz CT molecular complexity index is 1090. The Morgan fingerprint density at radius 3 is 2.56 bits per heavy atom. The quantitative estimate of drug-likeness (QED) is 0.641. The molecule has 1 atom stereocenters. The molecule has 1 fully saturated rings. The van der Waals surface area contributed by atoms with Crippen molar-refractivity contribution in [3.8, 4) is 11.5 Å².